The molecule has 1 amide bonds. The molecule has 0 aliphatic rings. The Morgan fingerprint density at radius 3 is 2.67 bits per heavy atom. The Morgan fingerprint density at radius 1 is 1.26 bits per heavy atom. The van der Waals surface area contributed by atoms with Gasteiger partial charge in [-0.2, -0.15) is 5.26 Å². The van der Waals surface area contributed by atoms with Crippen molar-refractivity contribution in [3.63, 3.8) is 0 Å². The van der Waals surface area contributed by atoms with Crippen LogP contribution in [-0.4, -0.2) is 25.0 Å². The second-order valence-corrected chi connectivity index (χ2v) is 6.03. The van der Waals surface area contributed by atoms with Gasteiger partial charge < -0.3 is 14.8 Å². The van der Waals surface area contributed by atoms with Crippen LogP contribution in [0.5, 0.6) is 11.5 Å². The highest BCUT2D eigenvalue weighted by Crippen LogP contribution is 2.36. The first-order valence-electron chi connectivity index (χ1n) is 8.37. The van der Waals surface area contributed by atoms with Gasteiger partial charge in [0.1, 0.15) is 0 Å². The van der Waals surface area contributed by atoms with Crippen molar-refractivity contribution in [2.45, 2.75) is 20.3 Å². The molecule has 140 valence electrons. The van der Waals surface area contributed by atoms with Crippen LogP contribution in [0.4, 0.5) is 0 Å². The summed E-state index contributed by atoms with van der Waals surface area (Å²) in [4.78, 5) is 24.2. The average molecular weight is 387 g/mol. The summed E-state index contributed by atoms with van der Waals surface area (Å²) in [5.74, 6) is -0.549. The first-order chi connectivity index (χ1) is 13.0. The third kappa shape index (κ3) is 5.47. The number of amides is 1. The van der Waals surface area contributed by atoms with Gasteiger partial charge in [0.15, 0.2) is 11.5 Å². The lowest BCUT2D eigenvalue weighted by Crippen LogP contribution is -2.27. The molecule has 6 nitrogen and oxygen atoms in total. The summed E-state index contributed by atoms with van der Waals surface area (Å²) in [5.41, 5.74) is 1.71. The van der Waals surface area contributed by atoms with E-state index >= 15 is 0 Å². The number of hydrogen-bond donors (Lipinski definition) is 1. The van der Waals surface area contributed by atoms with E-state index < -0.39 is 5.97 Å². The van der Waals surface area contributed by atoms with E-state index in [2.05, 4.69) is 5.32 Å². The number of carbonyl (C=O) groups excluding carboxylic acids is 2. The lowest BCUT2D eigenvalue weighted by Gasteiger charge is -2.13. The fourth-order valence-electron chi connectivity index (χ4n) is 2.36. The zero-order valence-corrected chi connectivity index (χ0v) is 15.8. The highest BCUT2D eigenvalue weighted by molar-refractivity contribution is 6.32. The monoisotopic (exact) mass is 386 g/mol. The second kappa shape index (κ2) is 9.60. The minimum absolute atomic E-state index is 0.0421. The Hall–Kier alpha value is -3.04. The number of hydrogen-bond acceptors (Lipinski definition) is 5. The minimum atomic E-state index is -0.576. The predicted octanol–water partition coefficient (Wildman–Crippen LogP) is 3.64. The van der Waals surface area contributed by atoms with Crippen LogP contribution in [0.1, 0.15) is 34.8 Å². The number of nitrogens with zero attached hydrogens (tertiary/aromatic N) is 1. The van der Waals surface area contributed by atoms with Gasteiger partial charge in [-0.1, -0.05) is 29.8 Å². The number of aryl methyl sites for hydroxylation is 1. The van der Waals surface area contributed by atoms with E-state index in [4.69, 9.17) is 26.3 Å². The van der Waals surface area contributed by atoms with Crippen LogP contribution in [0.25, 0.3) is 0 Å². The molecule has 2 aromatic carbocycles. The van der Waals surface area contributed by atoms with Crippen LogP contribution < -0.4 is 14.8 Å². The smallest absolute Gasteiger partial charge is 0.313 e. The number of benzene rings is 2. The minimum Gasteiger partial charge on any atom is -0.490 e. The van der Waals surface area contributed by atoms with Gasteiger partial charge in [-0.25, -0.2) is 0 Å². The van der Waals surface area contributed by atoms with Crippen molar-refractivity contribution in [1.82, 2.24) is 5.32 Å². The molecule has 0 radical (unpaired) electrons. The maximum absolute atomic E-state index is 12.1. The Kier molecular flexibility index (Phi) is 7.21. The summed E-state index contributed by atoms with van der Waals surface area (Å²) in [6.45, 7) is 4.04. The summed E-state index contributed by atoms with van der Waals surface area (Å²) in [6, 6.07) is 12.0. The second-order valence-electron chi connectivity index (χ2n) is 5.63. The first-order valence-corrected chi connectivity index (χ1v) is 8.75. The first kappa shape index (κ1) is 20.3. The number of ether oxygens (including phenoxy) is 2. The predicted molar refractivity (Wildman–Crippen MR) is 101 cm³/mol. The summed E-state index contributed by atoms with van der Waals surface area (Å²) >= 11 is 6.10. The standard InChI is InChI=1S/C20H19ClN2O4/c1-3-26-17-11-14(12-22)10-16(21)19(17)27-18(24)8-9-23-20(25)15-7-5-4-6-13(15)2/h4-7,10-11H,3,8-9H2,1-2H3,(H,23,25). The molecule has 0 aliphatic carbocycles. The van der Waals surface area contributed by atoms with Crippen LogP contribution in [0.2, 0.25) is 5.02 Å². The van der Waals surface area contributed by atoms with E-state index in [1.807, 2.05) is 25.1 Å². The number of rotatable bonds is 7. The summed E-state index contributed by atoms with van der Waals surface area (Å²) < 4.78 is 10.7. The zero-order chi connectivity index (χ0) is 19.8. The normalized spacial score (nSPS) is 10.0. The van der Waals surface area contributed by atoms with Gasteiger partial charge in [0.05, 0.1) is 29.7 Å². The topological polar surface area (TPSA) is 88.4 Å². The van der Waals surface area contributed by atoms with E-state index in [-0.39, 0.29) is 35.4 Å². The maximum atomic E-state index is 12.1. The lowest BCUT2D eigenvalue weighted by molar-refractivity contribution is -0.134. The third-order valence-corrected chi connectivity index (χ3v) is 3.94. The lowest BCUT2D eigenvalue weighted by atomic mass is 10.1. The molecule has 2 aromatic rings. The molecule has 0 heterocycles. The van der Waals surface area contributed by atoms with Crippen molar-refractivity contribution in [2.75, 3.05) is 13.2 Å². The fraction of sp³-hybridized carbons (Fsp3) is 0.250. The van der Waals surface area contributed by atoms with Crippen molar-refractivity contribution in [1.29, 1.82) is 5.26 Å². The molecule has 0 fully saturated rings. The fourth-order valence-corrected chi connectivity index (χ4v) is 2.61. The van der Waals surface area contributed by atoms with Crippen LogP contribution in [-0.2, 0) is 4.79 Å². The van der Waals surface area contributed by atoms with E-state index in [0.29, 0.717) is 17.7 Å². The summed E-state index contributed by atoms with van der Waals surface area (Å²) in [5, 5.41) is 11.8. The van der Waals surface area contributed by atoms with Crippen molar-refractivity contribution in [2.24, 2.45) is 0 Å². The van der Waals surface area contributed by atoms with E-state index in [1.54, 1.807) is 19.1 Å². The van der Waals surface area contributed by atoms with Crippen molar-refractivity contribution < 1.29 is 19.1 Å². The van der Waals surface area contributed by atoms with Crippen molar-refractivity contribution >= 4 is 23.5 Å². The highest BCUT2D eigenvalue weighted by Gasteiger charge is 2.17. The van der Waals surface area contributed by atoms with Crippen LogP contribution >= 0.6 is 11.6 Å². The van der Waals surface area contributed by atoms with Gasteiger partial charge in [-0.15, -0.1) is 0 Å². The van der Waals surface area contributed by atoms with E-state index in [1.165, 1.54) is 12.1 Å². The van der Waals surface area contributed by atoms with Gasteiger partial charge in [0.2, 0.25) is 0 Å². The number of nitriles is 1. The number of halogens is 1. The van der Waals surface area contributed by atoms with Gasteiger partial charge in [0.25, 0.3) is 5.91 Å². The summed E-state index contributed by atoms with van der Waals surface area (Å²) in [6.07, 6.45) is -0.0421. The average Bonchev–Trinajstić information content (AvgIpc) is 2.64. The molecular weight excluding hydrogens is 368 g/mol. The SMILES string of the molecule is CCOc1cc(C#N)cc(Cl)c1OC(=O)CCNC(=O)c1ccccc1C. The Bertz CT molecular complexity index is 890. The van der Waals surface area contributed by atoms with Crippen LogP contribution in [0.15, 0.2) is 36.4 Å². The molecule has 0 saturated carbocycles. The highest BCUT2D eigenvalue weighted by atomic mass is 35.5. The molecule has 7 heteroatoms. The quantitative estimate of drug-likeness (QED) is 0.579. The molecule has 2 rings (SSSR count). The molecular formula is C20H19ClN2O4. The Morgan fingerprint density at radius 2 is 2.00 bits per heavy atom. The summed E-state index contributed by atoms with van der Waals surface area (Å²) in [7, 11) is 0. The van der Waals surface area contributed by atoms with Crippen LogP contribution in [0.3, 0.4) is 0 Å². The largest absolute Gasteiger partial charge is 0.490 e. The molecule has 0 unspecified atom stereocenters. The molecule has 0 spiro atoms. The number of carbonyl (C=O) groups is 2. The van der Waals surface area contributed by atoms with Gasteiger partial charge in [0, 0.05) is 18.2 Å². The third-order valence-electron chi connectivity index (χ3n) is 3.66. The Balaban J connectivity index is 1.97. The van der Waals surface area contributed by atoms with Gasteiger partial charge in [-0.3, -0.25) is 9.59 Å². The molecule has 0 saturated heterocycles. The molecule has 0 aromatic heterocycles. The zero-order valence-electron chi connectivity index (χ0n) is 15.0. The van der Waals surface area contributed by atoms with Crippen molar-refractivity contribution in [3.05, 3.63) is 58.1 Å². The molecule has 0 atom stereocenters. The maximum Gasteiger partial charge on any atom is 0.313 e. The van der Waals surface area contributed by atoms with E-state index in [9.17, 15) is 9.59 Å². The molecule has 0 bridgehead atoms. The molecule has 27 heavy (non-hydrogen) atoms. The Labute approximate surface area is 162 Å². The van der Waals surface area contributed by atoms with Gasteiger partial charge >= 0.3 is 5.97 Å². The molecule has 0 aliphatic heterocycles. The number of esters is 1. The molecule has 1 N–H and O–H groups in total. The number of nitrogens with one attached hydrogen (secondary N) is 1. The van der Waals surface area contributed by atoms with Crippen LogP contribution in [0, 0.1) is 18.3 Å². The van der Waals surface area contributed by atoms with E-state index in [0.717, 1.165) is 5.56 Å². The van der Waals surface area contributed by atoms with Gasteiger partial charge in [-0.05, 0) is 31.5 Å². The van der Waals surface area contributed by atoms with Crippen molar-refractivity contribution in [3.8, 4) is 17.6 Å².